The Kier molecular flexibility index (Phi) is 8.46. The summed E-state index contributed by atoms with van der Waals surface area (Å²) in [6, 6.07) is 16.8. The molecule has 0 unspecified atom stereocenters. The zero-order valence-corrected chi connectivity index (χ0v) is 20.7. The summed E-state index contributed by atoms with van der Waals surface area (Å²) in [5, 5.41) is 18.5. The molecule has 1 aliphatic rings. The van der Waals surface area contributed by atoms with E-state index in [0.717, 1.165) is 49.2 Å². The van der Waals surface area contributed by atoms with Crippen molar-refractivity contribution in [3.8, 4) is 17.0 Å². The van der Waals surface area contributed by atoms with Gasteiger partial charge < -0.3 is 19.9 Å². The number of anilines is 1. The number of guanidine groups is 1. The molecule has 3 N–H and O–H groups in total. The Bertz CT molecular complexity index is 1240. The Balaban J connectivity index is 1.47. The normalized spacial score (nSPS) is 15.2. The average Bonchev–Trinajstić information content (AvgIpc) is 3.33. The SMILES string of the molecule is CN1CCN(/C=N/C(=N\C(=N)Nc2cc(-c3ccccc3)[nH]n2)Sc2ccc(OC(F)(F)F)cc2)CC1. The number of nitrogens with zero attached hydrogens (tertiary/aromatic N) is 5. The minimum atomic E-state index is -4.76. The Morgan fingerprint density at radius 3 is 2.49 bits per heavy atom. The maximum Gasteiger partial charge on any atom is 0.573 e. The summed E-state index contributed by atoms with van der Waals surface area (Å²) in [5.41, 5.74) is 1.73. The second kappa shape index (κ2) is 11.9. The van der Waals surface area contributed by atoms with Crippen LogP contribution in [-0.2, 0) is 0 Å². The van der Waals surface area contributed by atoms with Crippen LogP contribution >= 0.6 is 11.8 Å². The predicted molar refractivity (Wildman–Crippen MR) is 139 cm³/mol. The monoisotopic (exact) mass is 530 g/mol. The second-order valence-corrected chi connectivity index (χ2v) is 9.15. The maximum atomic E-state index is 12.5. The van der Waals surface area contributed by atoms with Crippen LogP contribution in [0.1, 0.15) is 0 Å². The molecule has 13 heteroatoms. The van der Waals surface area contributed by atoms with E-state index in [1.165, 1.54) is 24.3 Å². The van der Waals surface area contributed by atoms with Crippen molar-refractivity contribution in [3.05, 3.63) is 60.7 Å². The lowest BCUT2D eigenvalue weighted by Gasteiger charge is -2.30. The maximum absolute atomic E-state index is 12.5. The highest BCUT2D eigenvalue weighted by Crippen LogP contribution is 2.27. The Morgan fingerprint density at radius 1 is 1.11 bits per heavy atom. The molecule has 0 bridgehead atoms. The van der Waals surface area contributed by atoms with Gasteiger partial charge in [-0.05, 0) is 48.6 Å². The topological polar surface area (TPSA) is 105 Å². The number of likely N-dealkylation sites (N-methyl/N-ethyl adjacent to an activating group) is 1. The fraction of sp³-hybridized carbons (Fsp3) is 0.250. The molecule has 2 heterocycles. The van der Waals surface area contributed by atoms with Gasteiger partial charge in [-0.25, -0.2) is 4.99 Å². The van der Waals surface area contributed by atoms with E-state index >= 15 is 0 Å². The first-order valence-electron chi connectivity index (χ1n) is 11.3. The Hall–Kier alpha value is -3.84. The zero-order valence-electron chi connectivity index (χ0n) is 19.9. The summed E-state index contributed by atoms with van der Waals surface area (Å²) in [5.74, 6) is -0.103. The number of ether oxygens (including phenoxy) is 1. The number of amidine groups is 1. The molecule has 3 aromatic rings. The summed E-state index contributed by atoms with van der Waals surface area (Å²) in [4.78, 5) is 13.6. The third kappa shape index (κ3) is 8.36. The zero-order chi connectivity index (χ0) is 26.3. The van der Waals surface area contributed by atoms with Gasteiger partial charge in [-0.1, -0.05) is 30.3 Å². The molecule has 0 atom stereocenters. The van der Waals surface area contributed by atoms with Crippen molar-refractivity contribution < 1.29 is 17.9 Å². The Morgan fingerprint density at radius 2 is 1.81 bits per heavy atom. The van der Waals surface area contributed by atoms with Gasteiger partial charge in [0.05, 0.1) is 12.0 Å². The van der Waals surface area contributed by atoms with Crippen molar-refractivity contribution in [1.29, 1.82) is 5.41 Å². The highest BCUT2D eigenvalue weighted by atomic mass is 32.2. The summed E-state index contributed by atoms with van der Waals surface area (Å²) in [7, 11) is 2.05. The van der Waals surface area contributed by atoms with Crippen molar-refractivity contribution in [2.45, 2.75) is 11.3 Å². The van der Waals surface area contributed by atoms with Crippen molar-refractivity contribution >= 4 is 35.0 Å². The summed E-state index contributed by atoms with van der Waals surface area (Å²) < 4.78 is 41.3. The number of aromatic nitrogens is 2. The van der Waals surface area contributed by atoms with Crippen molar-refractivity contribution in [2.75, 3.05) is 38.5 Å². The fourth-order valence-electron chi connectivity index (χ4n) is 3.36. The van der Waals surface area contributed by atoms with Gasteiger partial charge in [-0.3, -0.25) is 10.5 Å². The molecule has 1 fully saturated rings. The molecule has 4 rings (SSSR count). The largest absolute Gasteiger partial charge is 0.573 e. The van der Waals surface area contributed by atoms with E-state index in [1.807, 2.05) is 35.2 Å². The lowest BCUT2D eigenvalue weighted by molar-refractivity contribution is -0.274. The number of alkyl halides is 3. The third-order valence-corrected chi connectivity index (χ3v) is 6.14. The lowest BCUT2D eigenvalue weighted by atomic mass is 10.2. The van der Waals surface area contributed by atoms with E-state index in [0.29, 0.717) is 10.7 Å². The first-order valence-corrected chi connectivity index (χ1v) is 12.1. The number of aromatic amines is 1. The average molecular weight is 531 g/mol. The van der Waals surface area contributed by atoms with E-state index in [2.05, 4.69) is 42.2 Å². The van der Waals surface area contributed by atoms with Crippen LogP contribution in [0.5, 0.6) is 5.75 Å². The quantitative estimate of drug-likeness (QED) is 0.250. The van der Waals surface area contributed by atoms with Crippen LogP contribution in [0.25, 0.3) is 11.3 Å². The third-order valence-electron chi connectivity index (χ3n) is 5.25. The van der Waals surface area contributed by atoms with Crippen molar-refractivity contribution in [3.63, 3.8) is 0 Å². The van der Waals surface area contributed by atoms with Crippen LogP contribution in [0, 0.1) is 5.41 Å². The molecule has 37 heavy (non-hydrogen) atoms. The first kappa shape index (κ1) is 26.2. The van der Waals surface area contributed by atoms with Gasteiger partial charge in [-0.15, -0.1) is 13.2 Å². The molecule has 1 aromatic heterocycles. The molecule has 0 aliphatic carbocycles. The molecule has 194 valence electrons. The highest BCUT2D eigenvalue weighted by Gasteiger charge is 2.31. The minimum absolute atomic E-state index is 0.193. The van der Waals surface area contributed by atoms with Gasteiger partial charge in [0, 0.05) is 37.1 Å². The van der Waals surface area contributed by atoms with E-state index in [-0.39, 0.29) is 16.9 Å². The molecule has 0 radical (unpaired) electrons. The molecular formula is C24H25F3N8OS. The van der Waals surface area contributed by atoms with Crippen LogP contribution in [0.15, 0.2) is 75.5 Å². The predicted octanol–water partition coefficient (Wildman–Crippen LogP) is 4.75. The number of rotatable bonds is 5. The fourth-order valence-corrected chi connectivity index (χ4v) is 4.08. The van der Waals surface area contributed by atoms with E-state index in [1.54, 1.807) is 12.4 Å². The van der Waals surface area contributed by atoms with Crippen molar-refractivity contribution in [1.82, 2.24) is 20.0 Å². The number of aliphatic imine (C=N–C) groups is 2. The molecule has 0 saturated carbocycles. The smallest absolute Gasteiger partial charge is 0.406 e. The number of hydrogen-bond donors (Lipinski definition) is 3. The van der Waals surface area contributed by atoms with Gasteiger partial charge in [0.1, 0.15) is 5.75 Å². The number of benzene rings is 2. The summed E-state index contributed by atoms with van der Waals surface area (Å²) in [6.45, 7) is 3.39. The molecule has 0 spiro atoms. The minimum Gasteiger partial charge on any atom is -0.406 e. The molecule has 1 aliphatic heterocycles. The van der Waals surface area contributed by atoms with Gasteiger partial charge >= 0.3 is 6.36 Å². The number of piperazine rings is 1. The van der Waals surface area contributed by atoms with Crippen LogP contribution < -0.4 is 10.1 Å². The van der Waals surface area contributed by atoms with E-state index < -0.39 is 6.36 Å². The Labute approximate surface area is 216 Å². The number of halogens is 3. The van der Waals surface area contributed by atoms with Crippen LogP contribution in [0.4, 0.5) is 19.0 Å². The molecule has 9 nitrogen and oxygen atoms in total. The van der Waals surface area contributed by atoms with E-state index in [4.69, 9.17) is 5.41 Å². The molecule has 2 aromatic carbocycles. The van der Waals surface area contributed by atoms with Gasteiger partial charge in [-0.2, -0.15) is 10.1 Å². The number of H-pyrrole nitrogens is 1. The lowest BCUT2D eigenvalue weighted by Crippen LogP contribution is -2.43. The highest BCUT2D eigenvalue weighted by molar-refractivity contribution is 8.14. The van der Waals surface area contributed by atoms with Gasteiger partial charge in [0.15, 0.2) is 11.0 Å². The van der Waals surface area contributed by atoms with Gasteiger partial charge in [0.25, 0.3) is 0 Å². The first-order chi connectivity index (χ1) is 17.7. The summed E-state index contributed by atoms with van der Waals surface area (Å²) in [6.07, 6.45) is -3.09. The van der Waals surface area contributed by atoms with Crippen molar-refractivity contribution in [2.24, 2.45) is 9.98 Å². The number of thioether (sulfide) groups is 1. The molecule has 1 saturated heterocycles. The van der Waals surface area contributed by atoms with Crippen LogP contribution in [0.3, 0.4) is 0 Å². The standard InChI is InChI=1S/C24H25F3N8OS/c1-34-11-13-35(14-12-34)16-29-23(37-19-9-7-18(8-10-19)36-24(25,26)27)31-22(28)30-21-15-20(32-33-21)17-5-3-2-4-6-17/h2-10,15-16H,11-14H2,1H3,(H3,28,30,32,33)/b29-16+,31-23+. The second-order valence-electron chi connectivity index (χ2n) is 8.11. The van der Waals surface area contributed by atoms with Crippen LogP contribution in [-0.4, -0.2) is 77.1 Å². The molecule has 0 amide bonds. The van der Waals surface area contributed by atoms with Gasteiger partial charge in [0.2, 0.25) is 5.96 Å². The van der Waals surface area contributed by atoms with E-state index in [9.17, 15) is 13.2 Å². The number of nitrogens with one attached hydrogen (secondary N) is 3. The number of hydrogen-bond acceptors (Lipinski definition) is 5. The summed E-state index contributed by atoms with van der Waals surface area (Å²) >= 11 is 1.11. The molecular weight excluding hydrogens is 505 g/mol. The van der Waals surface area contributed by atoms with Crippen LogP contribution in [0.2, 0.25) is 0 Å².